The highest BCUT2D eigenvalue weighted by molar-refractivity contribution is 7.91. The van der Waals surface area contributed by atoms with E-state index < -0.39 is 10.0 Å². The SMILES string of the molecule is Cn1cc(-c2ccc(CNS(=O)(=O)c3cccs3)cn2)cn1. The smallest absolute Gasteiger partial charge is 0.250 e. The molecule has 0 saturated carbocycles. The van der Waals surface area contributed by atoms with Crippen molar-refractivity contribution in [3.63, 3.8) is 0 Å². The summed E-state index contributed by atoms with van der Waals surface area (Å²) in [5, 5.41) is 5.83. The predicted octanol–water partition coefficient (Wildman–Crippen LogP) is 2.02. The van der Waals surface area contributed by atoms with Gasteiger partial charge in [0.2, 0.25) is 10.0 Å². The van der Waals surface area contributed by atoms with E-state index >= 15 is 0 Å². The number of aromatic nitrogens is 3. The molecule has 0 radical (unpaired) electrons. The Balaban J connectivity index is 1.69. The van der Waals surface area contributed by atoms with Crippen LogP contribution < -0.4 is 4.72 Å². The molecule has 8 heteroatoms. The van der Waals surface area contributed by atoms with Crippen LogP contribution in [0.3, 0.4) is 0 Å². The molecule has 1 N–H and O–H groups in total. The zero-order valence-corrected chi connectivity index (χ0v) is 13.4. The first-order valence-electron chi connectivity index (χ1n) is 6.52. The first-order chi connectivity index (χ1) is 10.5. The summed E-state index contributed by atoms with van der Waals surface area (Å²) in [7, 11) is -1.60. The molecule has 0 aliphatic carbocycles. The van der Waals surface area contributed by atoms with Gasteiger partial charge < -0.3 is 0 Å². The van der Waals surface area contributed by atoms with Crippen molar-refractivity contribution in [3.05, 3.63) is 53.8 Å². The second-order valence-corrected chi connectivity index (χ2v) is 7.65. The molecule has 114 valence electrons. The van der Waals surface area contributed by atoms with Gasteiger partial charge in [-0.3, -0.25) is 9.67 Å². The number of nitrogens with zero attached hydrogens (tertiary/aromatic N) is 3. The quantitative estimate of drug-likeness (QED) is 0.774. The summed E-state index contributed by atoms with van der Waals surface area (Å²) in [6, 6.07) is 7.00. The maximum atomic E-state index is 12.0. The van der Waals surface area contributed by atoms with Crippen molar-refractivity contribution in [3.8, 4) is 11.3 Å². The molecule has 0 amide bonds. The predicted molar refractivity (Wildman–Crippen MR) is 84.8 cm³/mol. The number of thiophene rings is 1. The number of hydrogen-bond donors (Lipinski definition) is 1. The van der Waals surface area contributed by atoms with Gasteiger partial charge in [0, 0.05) is 31.5 Å². The van der Waals surface area contributed by atoms with Crippen molar-refractivity contribution in [1.82, 2.24) is 19.5 Å². The van der Waals surface area contributed by atoms with Gasteiger partial charge in [-0.15, -0.1) is 11.3 Å². The zero-order chi connectivity index (χ0) is 15.6. The summed E-state index contributed by atoms with van der Waals surface area (Å²) in [4.78, 5) is 4.34. The van der Waals surface area contributed by atoms with Gasteiger partial charge in [-0.2, -0.15) is 5.10 Å². The van der Waals surface area contributed by atoms with Gasteiger partial charge in [0.25, 0.3) is 0 Å². The van der Waals surface area contributed by atoms with E-state index in [4.69, 9.17) is 0 Å². The minimum atomic E-state index is -3.45. The molecular weight excluding hydrogens is 320 g/mol. The van der Waals surface area contributed by atoms with Crippen LogP contribution in [-0.2, 0) is 23.6 Å². The molecule has 0 aromatic carbocycles. The van der Waals surface area contributed by atoms with Gasteiger partial charge in [0.05, 0.1) is 11.9 Å². The van der Waals surface area contributed by atoms with Gasteiger partial charge in [0.1, 0.15) is 4.21 Å². The molecule has 0 unspecified atom stereocenters. The Kier molecular flexibility index (Phi) is 4.06. The summed E-state index contributed by atoms with van der Waals surface area (Å²) in [6.07, 6.45) is 5.28. The third kappa shape index (κ3) is 3.24. The molecule has 3 rings (SSSR count). The number of sulfonamides is 1. The number of nitrogens with one attached hydrogen (secondary N) is 1. The van der Waals surface area contributed by atoms with Crippen LogP contribution in [0.25, 0.3) is 11.3 Å². The van der Waals surface area contributed by atoms with Crippen LogP contribution >= 0.6 is 11.3 Å². The van der Waals surface area contributed by atoms with Crippen molar-refractivity contribution in [2.75, 3.05) is 0 Å². The molecule has 0 fully saturated rings. The molecule has 3 heterocycles. The number of aryl methyl sites for hydroxylation is 1. The Morgan fingerprint density at radius 2 is 2.14 bits per heavy atom. The molecule has 0 saturated heterocycles. The summed E-state index contributed by atoms with van der Waals surface area (Å²) in [5.41, 5.74) is 2.53. The summed E-state index contributed by atoms with van der Waals surface area (Å²) in [6.45, 7) is 0.209. The first-order valence-corrected chi connectivity index (χ1v) is 8.88. The van der Waals surface area contributed by atoms with Crippen molar-refractivity contribution in [2.24, 2.45) is 7.05 Å². The lowest BCUT2D eigenvalue weighted by atomic mass is 10.2. The third-order valence-corrected chi connectivity index (χ3v) is 5.85. The Hall–Kier alpha value is -2.03. The van der Waals surface area contributed by atoms with E-state index in [-0.39, 0.29) is 6.54 Å². The fourth-order valence-corrected chi connectivity index (χ4v) is 3.97. The lowest BCUT2D eigenvalue weighted by Crippen LogP contribution is -2.22. The summed E-state index contributed by atoms with van der Waals surface area (Å²) < 4.78 is 28.6. The van der Waals surface area contributed by atoms with Crippen molar-refractivity contribution >= 4 is 21.4 Å². The minimum Gasteiger partial charge on any atom is -0.275 e. The zero-order valence-electron chi connectivity index (χ0n) is 11.8. The van der Waals surface area contributed by atoms with E-state index in [1.54, 1.807) is 34.6 Å². The number of rotatable bonds is 5. The molecule has 0 atom stereocenters. The monoisotopic (exact) mass is 334 g/mol. The van der Waals surface area contributed by atoms with Gasteiger partial charge in [-0.1, -0.05) is 12.1 Å². The lowest BCUT2D eigenvalue weighted by Gasteiger charge is -2.05. The summed E-state index contributed by atoms with van der Waals surface area (Å²) in [5.74, 6) is 0. The first kappa shape index (κ1) is 14.9. The normalized spacial score (nSPS) is 11.7. The highest BCUT2D eigenvalue weighted by atomic mass is 32.2. The van der Waals surface area contributed by atoms with Gasteiger partial charge in [0.15, 0.2) is 0 Å². The fourth-order valence-electron chi connectivity index (χ4n) is 1.92. The third-order valence-electron chi connectivity index (χ3n) is 3.05. The van der Waals surface area contributed by atoms with Crippen LogP contribution in [0.5, 0.6) is 0 Å². The van der Waals surface area contributed by atoms with E-state index in [0.717, 1.165) is 16.8 Å². The van der Waals surface area contributed by atoms with Crippen LogP contribution in [0.1, 0.15) is 5.56 Å². The Labute approximate surface area is 132 Å². The van der Waals surface area contributed by atoms with Gasteiger partial charge >= 0.3 is 0 Å². The van der Waals surface area contributed by atoms with Crippen LogP contribution in [-0.4, -0.2) is 23.2 Å². The van der Waals surface area contributed by atoms with Crippen LogP contribution in [0, 0.1) is 0 Å². The Bertz CT molecular complexity index is 853. The Morgan fingerprint density at radius 3 is 2.73 bits per heavy atom. The molecule has 0 bridgehead atoms. The van der Waals surface area contributed by atoms with Crippen LogP contribution in [0.4, 0.5) is 0 Å². The average Bonchev–Trinajstić information content (AvgIpc) is 3.17. The second-order valence-electron chi connectivity index (χ2n) is 4.71. The molecule has 0 aliphatic heterocycles. The average molecular weight is 334 g/mol. The van der Waals surface area contributed by atoms with E-state index in [1.165, 1.54) is 11.3 Å². The molecule has 6 nitrogen and oxygen atoms in total. The fraction of sp³-hybridized carbons (Fsp3) is 0.143. The highest BCUT2D eigenvalue weighted by Crippen LogP contribution is 2.17. The second kappa shape index (κ2) is 5.99. The van der Waals surface area contributed by atoms with Crippen LogP contribution in [0.15, 0.2) is 52.4 Å². The molecule has 3 aromatic rings. The molecule has 3 aromatic heterocycles. The maximum absolute atomic E-state index is 12.0. The van der Waals surface area contributed by atoms with Gasteiger partial charge in [-0.05, 0) is 23.1 Å². The minimum absolute atomic E-state index is 0.209. The van der Waals surface area contributed by atoms with E-state index in [1.807, 2.05) is 25.4 Å². The van der Waals surface area contributed by atoms with E-state index in [9.17, 15) is 8.42 Å². The lowest BCUT2D eigenvalue weighted by molar-refractivity contribution is 0.583. The topological polar surface area (TPSA) is 76.9 Å². The highest BCUT2D eigenvalue weighted by Gasteiger charge is 2.14. The molecular formula is C14H14N4O2S2. The molecule has 0 spiro atoms. The van der Waals surface area contributed by atoms with E-state index in [2.05, 4.69) is 14.8 Å². The Morgan fingerprint density at radius 1 is 1.27 bits per heavy atom. The van der Waals surface area contributed by atoms with Crippen LogP contribution in [0.2, 0.25) is 0 Å². The standard InChI is InChI=1S/C14H14N4O2S2/c1-18-10-12(9-16-18)13-5-4-11(7-15-13)8-17-22(19,20)14-3-2-6-21-14/h2-7,9-10,17H,8H2,1H3. The van der Waals surface area contributed by atoms with Crippen molar-refractivity contribution in [1.29, 1.82) is 0 Å². The molecule has 22 heavy (non-hydrogen) atoms. The van der Waals surface area contributed by atoms with Gasteiger partial charge in [-0.25, -0.2) is 13.1 Å². The summed E-state index contributed by atoms with van der Waals surface area (Å²) >= 11 is 1.19. The largest absolute Gasteiger partial charge is 0.275 e. The number of hydrogen-bond acceptors (Lipinski definition) is 5. The van der Waals surface area contributed by atoms with Crippen molar-refractivity contribution in [2.45, 2.75) is 10.8 Å². The number of pyridine rings is 1. The maximum Gasteiger partial charge on any atom is 0.250 e. The van der Waals surface area contributed by atoms with Crippen molar-refractivity contribution < 1.29 is 8.42 Å². The van der Waals surface area contributed by atoms with E-state index in [0.29, 0.717) is 4.21 Å². The molecule has 0 aliphatic rings.